The molecule has 0 fully saturated rings. The Morgan fingerprint density at radius 2 is 2.00 bits per heavy atom. The zero-order chi connectivity index (χ0) is 28.2. The van der Waals surface area contributed by atoms with Crippen LogP contribution in [0.25, 0.3) is 0 Å². The second kappa shape index (κ2) is 16.0. The van der Waals surface area contributed by atoms with Crippen molar-refractivity contribution in [1.82, 2.24) is 10.2 Å². The van der Waals surface area contributed by atoms with E-state index in [0.717, 1.165) is 5.57 Å². The number of nitrogens with one attached hydrogen (secondary N) is 1. The van der Waals surface area contributed by atoms with Crippen molar-refractivity contribution in [3.8, 4) is 11.5 Å². The maximum Gasteiger partial charge on any atom is 0.247 e. The fourth-order valence-corrected chi connectivity index (χ4v) is 4.94. The zero-order valence-corrected chi connectivity index (χ0v) is 24.6. The average molecular weight is 647 g/mol. The molecule has 11 heteroatoms. The van der Waals surface area contributed by atoms with E-state index < -0.39 is 24.2 Å². The Kier molecular flexibility index (Phi) is 13.5. The summed E-state index contributed by atoms with van der Waals surface area (Å²) in [6.45, 7) is 6.51. The number of aliphatic hydroxyl groups excluding tert-OH is 3. The third kappa shape index (κ3) is 8.94. The minimum Gasteiger partial charge on any atom is -0.493 e. The number of amides is 2. The van der Waals surface area contributed by atoms with Gasteiger partial charge < -0.3 is 39.7 Å². The smallest absolute Gasteiger partial charge is 0.247 e. The number of aliphatic hydroxyl groups is 3. The van der Waals surface area contributed by atoms with Crippen LogP contribution in [0.3, 0.4) is 0 Å². The molecule has 3 atom stereocenters. The second-order valence-electron chi connectivity index (χ2n) is 9.09. The van der Waals surface area contributed by atoms with Gasteiger partial charge in [0, 0.05) is 44.4 Å². The first kappa shape index (κ1) is 32.0. The van der Waals surface area contributed by atoms with E-state index in [9.17, 15) is 19.8 Å². The Hall–Kier alpha value is -2.19. The van der Waals surface area contributed by atoms with Gasteiger partial charge in [-0.2, -0.15) is 0 Å². The summed E-state index contributed by atoms with van der Waals surface area (Å²) in [5, 5.41) is 32.9. The van der Waals surface area contributed by atoms with Crippen LogP contribution in [0.2, 0.25) is 0 Å². The molecule has 1 aromatic rings. The molecule has 0 saturated heterocycles. The van der Waals surface area contributed by atoms with Gasteiger partial charge in [-0.15, -0.1) is 0 Å². The largest absolute Gasteiger partial charge is 0.493 e. The Labute approximate surface area is 237 Å². The number of carbonyl (C=O) groups excluding carboxylic acids is 2. The summed E-state index contributed by atoms with van der Waals surface area (Å²) in [4.78, 5) is 27.8. The van der Waals surface area contributed by atoms with Gasteiger partial charge in [-0.05, 0) is 73.6 Å². The predicted molar refractivity (Wildman–Crippen MR) is 151 cm³/mol. The molecule has 38 heavy (non-hydrogen) atoms. The lowest BCUT2D eigenvalue weighted by molar-refractivity contribution is -0.133. The van der Waals surface area contributed by atoms with Crippen molar-refractivity contribution in [2.45, 2.75) is 58.5 Å². The summed E-state index contributed by atoms with van der Waals surface area (Å²) < 4.78 is 17.8. The van der Waals surface area contributed by atoms with Crippen molar-refractivity contribution >= 4 is 34.4 Å². The predicted octanol–water partition coefficient (Wildman–Crippen LogP) is 1.93. The van der Waals surface area contributed by atoms with E-state index in [2.05, 4.69) is 27.9 Å². The van der Waals surface area contributed by atoms with Gasteiger partial charge in [0.1, 0.15) is 12.2 Å². The minimum atomic E-state index is -1.16. The van der Waals surface area contributed by atoms with Crippen LogP contribution in [0.15, 0.2) is 35.4 Å². The third-order valence-electron chi connectivity index (χ3n) is 5.93. The molecule has 0 saturated carbocycles. The van der Waals surface area contributed by atoms with Crippen molar-refractivity contribution in [2.75, 3.05) is 40.0 Å². The number of methoxy groups -OCH3 is 1. The number of halogens is 1. The molecule has 0 spiro atoms. The van der Waals surface area contributed by atoms with Gasteiger partial charge >= 0.3 is 0 Å². The van der Waals surface area contributed by atoms with Crippen LogP contribution in [-0.2, 0) is 20.9 Å². The van der Waals surface area contributed by atoms with Crippen LogP contribution >= 0.6 is 22.6 Å². The van der Waals surface area contributed by atoms with E-state index in [1.54, 1.807) is 23.1 Å². The summed E-state index contributed by atoms with van der Waals surface area (Å²) in [5.41, 5.74) is 1.77. The molecule has 10 nitrogen and oxygen atoms in total. The van der Waals surface area contributed by atoms with Gasteiger partial charge in [0.25, 0.3) is 0 Å². The highest BCUT2D eigenvalue weighted by Crippen LogP contribution is 2.37. The molecular formula is C27H39IN2O8. The third-order valence-corrected chi connectivity index (χ3v) is 6.73. The lowest BCUT2D eigenvalue weighted by atomic mass is 9.88. The second-order valence-corrected chi connectivity index (χ2v) is 10.2. The first-order valence-electron chi connectivity index (χ1n) is 12.6. The Morgan fingerprint density at radius 1 is 1.26 bits per heavy atom. The number of carbonyl (C=O) groups is 2. The maximum atomic E-state index is 13.3. The molecule has 1 aliphatic rings. The Balaban J connectivity index is 2.49. The molecule has 2 amide bonds. The quantitative estimate of drug-likeness (QED) is 0.137. The average Bonchev–Trinajstić information content (AvgIpc) is 2.88. The minimum absolute atomic E-state index is 0.0675. The number of rotatable bonds is 14. The molecule has 1 aliphatic carbocycles. The van der Waals surface area contributed by atoms with E-state index in [1.807, 2.05) is 20.8 Å². The molecule has 4 N–H and O–H groups in total. The number of ether oxygens (including phenoxy) is 3. The number of hydrogen-bond acceptors (Lipinski definition) is 8. The van der Waals surface area contributed by atoms with E-state index in [-0.39, 0.29) is 32.1 Å². The van der Waals surface area contributed by atoms with Crippen molar-refractivity contribution in [1.29, 1.82) is 0 Å². The zero-order valence-electron chi connectivity index (χ0n) is 22.4. The topological polar surface area (TPSA) is 138 Å². The number of hydrogen-bond donors (Lipinski definition) is 4. The molecule has 0 bridgehead atoms. The van der Waals surface area contributed by atoms with Gasteiger partial charge in [-0.1, -0.05) is 5.57 Å². The highest BCUT2D eigenvalue weighted by molar-refractivity contribution is 14.1. The lowest BCUT2D eigenvalue weighted by Gasteiger charge is -2.40. The van der Waals surface area contributed by atoms with Crippen LogP contribution in [0.5, 0.6) is 11.5 Å². The standard InChI is InChI=1S/C27H39IN2O8/c1-5-37-10-6-8-30(24(33)11-17(2)3)21-14-19(27(35)29-7-9-31)15-22(25(21)34)38-26-20(28)12-18(16-32)13-23(26)36-4/h11-13,15,21-22,25,31-32,34H,5-10,14,16H2,1-4H3,(H,29,35). The van der Waals surface area contributed by atoms with Gasteiger partial charge in [0.2, 0.25) is 11.8 Å². The van der Waals surface area contributed by atoms with Gasteiger partial charge in [0.05, 0.1) is 29.9 Å². The van der Waals surface area contributed by atoms with Gasteiger partial charge in [-0.3, -0.25) is 9.59 Å². The molecule has 0 heterocycles. The summed E-state index contributed by atoms with van der Waals surface area (Å²) in [6, 6.07) is 2.62. The highest BCUT2D eigenvalue weighted by atomic mass is 127. The van der Waals surface area contributed by atoms with Crippen LogP contribution in [0.1, 0.15) is 39.2 Å². The van der Waals surface area contributed by atoms with Crippen molar-refractivity contribution in [3.63, 3.8) is 0 Å². The molecule has 212 valence electrons. The Morgan fingerprint density at radius 3 is 2.61 bits per heavy atom. The van der Waals surface area contributed by atoms with Gasteiger partial charge in [0.15, 0.2) is 11.5 Å². The monoisotopic (exact) mass is 646 g/mol. The van der Waals surface area contributed by atoms with Crippen molar-refractivity contribution in [3.05, 3.63) is 44.6 Å². The number of nitrogens with zero attached hydrogens (tertiary/aromatic N) is 1. The Bertz CT molecular complexity index is 1010. The highest BCUT2D eigenvalue weighted by Gasteiger charge is 2.40. The number of benzene rings is 1. The fraction of sp³-hybridized carbons (Fsp3) is 0.556. The SMILES string of the molecule is CCOCCCN(C(=O)C=C(C)C)C1CC(C(=O)NCCO)=CC(Oc2c(I)cc(CO)cc2OC)C1O. The summed E-state index contributed by atoms with van der Waals surface area (Å²) >= 11 is 2.06. The molecule has 0 radical (unpaired) electrons. The molecule has 3 unspecified atom stereocenters. The fourth-order valence-electron chi connectivity index (χ4n) is 4.15. The molecule has 2 rings (SSSR count). The first-order chi connectivity index (χ1) is 18.2. The van der Waals surface area contributed by atoms with E-state index in [1.165, 1.54) is 13.2 Å². The van der Waals surface area contributed by atoms with E-state index >= 15 is 0 Å². The van der Waals surface area contributed by atoms with E-state index in [4.69, 9.17) is 19.3 Å². The molecule has 0 aliphatic heterocycles. The summed E-state index contributed by atoms with van der Waals surface area (Å²) in [7, 11) is 1.47. The van der Waals surface area contributed by atoms with Crippen LogP contribution in [0, 0.1) is 3.57 Å². The first-order valence-corrected chi connectivity index (χ1v) is 13.7. The molecule has 0 aromatic heterocycles. The van der Waals surface area contributed by atoms with Gasteiger partial charge in [-0.25, -0.2) is 0 Å². The van der Waals surface area contributed by atoms with Crippen molar-refractivity contribution in [2.24, 2.45) is 0 Å². The van der Waals surface area contributed by atoms with Crippen LogP contribution < -0.4 is 14.8 Å². The summed E-state index contributed by atoms with van der Waals surface area (Å²) in [5.74, 6) is 0.0237. The van der Waals surface area contributed by atoms with Crippen LogP contribution in [-0.4, -0.2) is 90.3 Å². The number of allylic oxidation sites excluding steroid dienone is 1. The molecular weight excluding hydrogens is 607 g/mol. The van der Waals surface area contributed by atoms with E-state index in [0.29, 0.717) is 52.4 Å². The maximum absolute atomic E-state index is 13.3. The normalized spacial score (nSPS) is 18.8. The lowest BCUT2D eigenvalue weighted by Crippen LogP contribution is -2.55. The molecule has 1 aromatic carbocycles. The summed E-state index contributed by atoms with van der Waals surface area (Å²) in [6.07, 6.45) is 1.56. The van der Waals surface area contributed by atoms with Crippen molar-refractivity contribution < 1.29 is 39.1 Å². The van der Waals surface area contributed by atoms with Crippen LogP contribution in [0.4, 0.5) is 0 Å².